The molecular formula is C9H20N2O. The summed E-state index contributed by atoms with van der Waals surface area (Å²) >= 11 is 0. The molecule has 0 saturated heterocycles. The van der Waals surface area contributed by atoms with Gasteiger partial charge in [0.1, 0.15) is 0 Å². The summed E-state index contributed by atoms with van der Waals surface area (Å²) in [6.07, 6.45) is 0.710. The normalized spacial score (nSPS) is 13.2. The molecule has 0 spiro atoms. The van der Waals surface area contributed by atoms with Crippen LogP contribution in [0.25, 0.3) is 0 Å². The molecule has 1 amide bonds. The molecular weight excluding hydrogens is 152 g/mol. The number of hydrogen-bond donors (Lipinski definition) is 1. The van der Waals surface area contributed by atoms with Gasteiger partial charge in [-0.3, -0.25) is 4.79 Å². The Kier molecular flexibility index (Phi) is 4.90. The minimum absolute atomic E-state index is 0.0648. The summed E-state index contributed by atoms with van der Waals surface area (Å²) in [5.74, 6) is 0.0648. The van der Waals surface area contributed by atoms with E-state index in [9.17, 15) is 4.79 Å². The number of carbonyl (C=O) groups is 1. The fourth-order valence-corrected chi connectivity index (χ4v) is 1.16. The third kappa shape index (κ3) is 2.81. The zero-order chi connectivity index (χ0) is 9.72. The predicted octanol–water partition coefficient (Wildman–Crippen LogP) is 0.981. The quantitative estimate of drug-likeness (QED) is 0.687. The predicted molar refractivity (Wildman–Crippen MR) is 50.8 cm³/mol. The fourth-order valence-electron chi connectivity index (χ4n) is 1.16. The molecule has 0 aliphatic carbocycles. The third-order valence-electron chi connectivity index (χ3n) is 2.00. The van der Waals surface area contributed by atoms with Gasteiger partial charge in [0.05, 0.1) is 6.04 Å². The SMILES string of the molecule is CC[C@@H](N)C(=O)N(CC)C(C)C. The van der Waals surface area contributed by atoms with Crippen LogP contribution in [0.3, 0.4) is 0 Å². The molecule has 1 atom stereocenters. The molecule has 72 valence electrons. The molecule has 2 N–H and O–H groups in total. The molecule has 0 aromatic heterocycles. The Bertz CT molecular complexity index is 145. The van der Waals surface area contributed by atoms with Gasteiger partial charge >= 0.3 is 0 Å². The Morgan fingerprint density at radius 1 is 1.42 bits per heavy atom. The molecule has 0 rings (SSSR count). The van der Waals surface area contributed by atoms with Gasteiger partial charge in [-0.15, -0.1) is 0 Å². The van der Waals surface area contributed by atoms with Gasteiger partial charge in [0, 0.05) is 12.6 Å². The number of nitrogens with two attached hydrogens (primary N) is 1. The van der Waals surface area contributed by atoms with E-state index < -0.39 is 0 Å². The van der Waals surface area contributed by atoms with Crippen LogP contribution in [0, 0.1) is 0 Å². The van der Waals surface area contributed by atoms with Crippen molar-refractivity contribution in [1.82, 2.24) is 4.90 Å². The van der Waals surface area contributed by atoms with Gasteiger partial charge < -0.3 is 10.6 Å². The minimum Gasteiger partial charge on any atom is -0.339 e. The lowest BCUT2D eigenvalue weighted by Gasteiger charge is -2.27. The summed E-state index contributed by atoms with van der Waals surface area (Å²) in [5.41, 5.74) is 5.64. The van der Waals surface area contributed by atoms with E-state index in [0.29, 0.717) is 6.42 Å². The second-order valence-electron chi connectivity index (χ2n) is 3.23. The molecule has 0 unspecified atom stereocenters. The van der Waals surface area contributed by atoms with Gasteiger partial charge in [0.2, 0.25) is 5.91 Å². The lowest BCUT2D eigenvalue weighted by Crippen LogP contribution is -2.46. The lowest BCUT2D eigenvalue weighted by molar-refractivity contribution is -0.134. The summed E-state index contributed by atoms with van der Waals surface area (Å²) in [6, 6.07) is -0.0764. The maximum absolute atomic E-state index is 11.5. The van der Waals surface area contributed by atoms with Gasteiger partial charge in [-0.1, -0.05) is 6.92 Å². The molecule has 0 heterocycles. The van der Waals surface area contributed by atoms with Crippen LogP contribution < -0.4 is 5.73 Å². The van der Waals surface area contributed by atoms with Crippen molar-refractivity contribution in [3.05, 3.63) is 0 Å². The first-order chi connectivity index (χ1) is 5.54. The number of amides is 1. The molecule has 0 bridgehead atoms. The molecule has 0 saturated carbocycles. The number of rotatable bonds is 4. The van der Waals surface area contributed by atoms with E-state index >= 15 is 0 Å². The number of hydrogen-bond acceptors (Lipinski definition) is 2. The van der Waals surface area contributed by atoms with Crippen LogP contribution in [0.4, 0.5) is 0 Å². The summed E-state index contributed by atoms with van der Waals surface area (Å²) < 4.78 is 0. The summed E-state index contributed by atoms with van der Waals surface area (Å²) in [4.78, 5) is 13.3. The van der Waals surface area contributed by atoms with E-state index in [1.807, 2.05) is 27.7 Å². The first kappa shape index (κ1) is 11.4. The van der Waals surface area contributed by atoms with Crippen LogP contribution in [0.1, 0.15) is 34.1 Å². The Labute approximate surface area is 74.9 Å². The maximum Gasteiger partial charge on any atom is 0.239 e. The second kappa shape index (κ2) is 5.14. The van der Waals surface area contributed by atoms with Crippen molar-refractivity contribution in [3.63, 3.8) is 0 Å². The molecule has 3 heteroatoms. The summed E-state index contributed by atoms with van der Waals surface area (Å²) in [5, 5.41) is 0. The molecule has 0 aromatic rings. The Balaban J connectivity index is 4.21. The zero-order valence-corrected chi connectivity index (χ0v) is 8.50. The average molecular weight is 172 g/mol. The highest BCUT2D eigenvalue weighted by atomic mass is 16.2. The molecule has 0 radical (unpaired) electrons. The van der Waals surface area contributed by atoms with Crippen molar-refractivity contribution < 1.29 is 4.79 Å². The molecule has 0 aliphatic heterocycles. The van der Waals surface area contributed by atoms with Crippen LogP contribution in [-0.2, 0) is 4.79 Å². The van der Waals surface area contributed by atoms with Crippen molar-refractivity contribution in [2.24, 2.45) is 5.73 Å². The Morgan fingerprint density at radius 2 is 1.92 bits per heavy atom. The van der Waals surface area contributed by atoms with Crippen molar-refractivity contribution >= 4 is 5.91 Å². The van der Waals surface area contributed by atoms with Crippen LogP contribution in [0.15, 0.2) is 0 Å². The number of carbonyl (C=O) groups excluding carboxylic acids is 1. The first-order valence-electron chi connectivity index (χ1n) is 4.60. The van der Waals surface area contributed by atoms with E-state index in [4.69, 9.17) is 5.73 Å². The fraction of sp³-hybridized carbons (Fsp3) is 0.889. The highest BCUT2D eigenvalue weighted by Gasteiger charge is 2.19. The first-order valence-corrected chi connectivity index (χ1v) is 4.60. The average Bonchev–Trinajstić information content (AvgIpc) is 2.03. The second-order valence-corrected chi connectivity index (χ2v) is 3.23. The van der Waals surface area contributed by atoms with E-state index in [0.717, 1.165) is 6.54 Å². The Hall–Kier alpha value is -0.570. The van der Waals surface area contributed by atoms with Crippen LogP contribution in [0.5, 0.6) is 0 Å². The summed E-state index contributed by atoms with van der Waals surface area (Å²) in [6.45, 7) is 8.65. The highest BCUT2D eigenvalue weighted by molar-refractivity contribution is 5.81. The van der Waals surface area contributed by atoms with Crippen LogP contribution >= 0.6 is 0 Å². The summed E-state index contributed by atoms with van der Waals surface area (Å²) in [7, 11) is 0. The van der Waals surface area contributed by atoms with E-state index in [1.54, 1.807) is 4.90 Å². The molecule has 0 aliphatic rings. The van der Waals surface area contributed by atoms with Gasteiger partial charge in [0.25, 0.3) is 0 Å². The highest BCUT2D eigenvalue weighted by Crippen LogP contribution is 2.02. The van der Waals surface area contributed by atoms with Crippen molar-refractivity contribution in [1.29, 1.82) is 0 Å². The molecule has 0 fully saturated rings. The van der Waals surface area contributed by atoms with Crippen molar-refractivity contribution in [2.45, 2.75) is 46.2 Å². The van der Waals surface area contributed by atoms with Gasteiger partial charge in [-0.25, -0.2) is 0 Å². The molecule has 3 nitrogen and oxygen atoms in total. The largest absolute Gasteiger partial charge is 0.339 e. The lowest BCUT2D eigenvalue weighted by atomic mass is 10.2. The number of likely N-dealkylation sites (N-methyl/N-ethyl adjacent to an activating group) is 1. The zero-order valence-electron chi connectivity index (χ0n) is 8.50. The number of nitrogens with zero attached hydrogens (tertiary/aromatic N) is 1. The topological polar surface area (TPSA) is 46.3 Å². The van der Waals surface area contributed by atoms with Crippen molar-refractivity contribution in [3.8, 4) is 0 Å². The van der Waals surface area contributed by atoms with Gasteiger partial charge in [-0.05, 0) is 27.2 Å². The van der Waals surface area contributed by atoms with E-state index in [-0.39, 0.29) is 18.0 Å². The smallest absolute Gasteiger partial charge is 0.239 e. The standard InChI is InChI=1S/C9H20N2O/c1-5-8(10)9(12)11(6-2)7(3)4/h7-8H,5-6,10H2,1-4H3/t8-/m1/s1. The van der Waals surface area contributed by atoms with Crippen LogP contribution in [-0.4, -0.2) is 29.4 Å². The third-order valence-corrected chi connectivity index (χ3v) is 2.00. The molecule has 0 aromatic carbocycles. The minimum atomic E-state index is -0.327. The van der Waals surface area contributed by atoms with Crippen molar-refractivity contribution in [2.75, 3.05) is 6.54 Å². The Morgan fingerprint density at radius 3 is 2.17 bits per heavy atom. The maximum atomic E-state index is 11.5. The van der Waals surface area contributed by atoms with Gasteiger partial charge in [-0.2, -0.15) is 0 Å². The monoisotopic (exact) mass is 172 g/mol. The van der Waals surface area contributed by atoms with E-state index in [1.165, 1.54) is 0 Å². The van der Waals surface area contributed by atoms with Gasteiger partial charge in [0.15, 0.2) is 0 Å². The van der Waals surface area contributed by atoms with Crippen LogP contribution in [0.2, 0.25) is 0 Å². The molecule has 12 heavy (non-hydrogen) atoms. The van der Waals surface area contributed by atoms with E-state index in [2.05, 4.69) is 0 Å².